The van der Waals surface area contributed by atoms with E-state index < -0.39 is 0 Å². The molecule has 1 N–H and O–H groups in total. The number of nitrogens with one attached hydrogen (secondary N) is 1. The van der Waals surface area contributed by atoms with E-state index >= 15 is 0 Å². The van der Waals surface area contributed by atoms with Crippen molar-refractivity contribution in [1.82, 2.24) is 5.32 Å². The molecule has 4 aliphatic carbocycles. The number of hydrogen-bond donors (Lipinski definition) is 1. The highest BCUT2D eigenvalue weighted by atomic mass is 35.5. The first-order chi connectivity index (χ1) is 14.6. The Morgan fingerprint density at radius 1 is 0.933 bits per heavy atom. The van der Waals surface area contributed by atoms with Gasteiger partial charge in [0.2, 0.25) is 0 Å². The lowest BCUT2D eigenvalue weighted by Crippen LogP contribution is -2.54. The van der Waals surface area contributed by atoms with Crippen LogP contribution in [0.15, 0.2) is 36.4 Å². The average Bonchev–Trinajstić information content (AvgIpc) is 2.71. The zero-order chi connectivity index (χ0) is 20.7. The summed E-state index contributed by atoms with van der Waals surface area (Å²) in [5, 5.41) is 5.15. The van der Waals surface area contributed by atoms with Crippen LogP contribution in [0.25, 0.3) is 0 Å². The second-order valence-corrected chi connectivity index (χ2v) is 10.2. The fraction of sp³-hybridized carbons (Fsp3) is 0.520. The van der Waals surface area contributed by atoms with Crippen molar-refractivity contribution in [1.29, 1.82) is 0 Å². The summed E-state index contributed by atoms with van der Waals surface area (Å²) in [6.45, 7) is 1.21. The predicted molar refractivity (Wildman–Crippen MR) is 121 cm³/mol. The molecule has 0 atom stereocenters. The first-order valence-corrected chi connectivity index (χ1v) is 11.8. The summed E-state index contributed by atoms with van der Waals surface area (Å²) in [5.74, 6) is 4.97. The molecule has 2 aromatic rings. The van der Waals surface area contributed by atoms with Crippen molar-refractivity contribution in [3.05, 3.63) is 57.6 Å². The van der Waals surface area contributed by atoms with Crippen LogP contribution in [0.1, 0.15) is 43.2 Å². The maximum atomic E-state index is 6.59. The SMILES string of the molecule is COc1cc(CNC2C3CC4CC(C3)CC2C4)cc(Cl)c1OCc1cccc(Cl)c1. The van der Waals surface area contributed by atoms with Gasteiger partial charge in [0.25, 0.3) is 0 Å². The van der Waals surface area contributed by atoms with Gasteiger partial charge in [-0.05, 0) is 91.2 Å². The molecule has 0 aromatic heterocycles. The second kappa shape index (κ2) is 8.61. The summed E-state index contributed by atoms with van der Waals surface area (Å²) in [6.07, 6.45) is 7.18. The maximum absolute atomic E-state index is 6.59. The van der Waals surface area contributed by atoms with Crippen LogP contribution < -0.4 is 14.8 Å². The minimum Gasteiger partial charge on any atom is -0.493 e. The molecule has 6 rings (SSSR count). The van der Waals surface area contributed by atoms with E-state index in [1.807, 2.05) is 36.4 Å². The largest absolute Gasteiger partial charge is 0.493 e. The highest BCUT2D eigenvalue weighted by Gasteiger charge is 2.47. The fourth-order valence-electron chi connectivity index (χ4n) is 6.29. The van der Waals surface area contributed by atoms with E-state index in [0.29, 0.717) is 34.2 Å². The molecular formula is C25H29Cl2NO2. The van der Waals surface area contributed by atoms with Gasteiger partial charge in [0.05, 0.1) is 12.1 Å². The Morgan fingerprint density at radius 3 is 2.33 bits per heavy atom. The van der Waals surface area contributed by atoms with Crippen molar-refractivity contribution < 1.29 is 9.47 Å². The van der Waals surface area contributed by atoms with Crippen LogP contribution in [0.2, 0.25) is 10.0 Å². The summed E-state index contributed by atoms with van der Waals surface area (Å²) in [6, 6.07) is 12.3. The van der Waals surface area contributed by atoms with Gasteiger partial charge in [-0.3, -0.25) is 0 Å². The van der Waals surface area contributed by atoms with Gasteiger partial charge in [0, 0.05) is 17.6 Å². The van der Waals surface area contributed by atoms with E-state index in [1.165, 1.54) is 32.1 Å². The number of hydrogen-bond acceptors (Lipinski definition) is 3. The molecule has 0 radical (unpaired) electrons. The Labute approximate surface area is 189 Å². The molecule has 0 amide bonds. The molecule has 2 aromatic carbocycles. The van der Waals surface area contributed by atoms with E-state index in [0.717, 1.165) is 41.3 Å². The number of benzene rings is 2. The summed E-state index contributed by atoms with van der Waals surface area (Å²) >= 11 is 12.7. The van der Waals surface area contributed by atoms with E-state index in [-0.39, 0.29) is 0 Å². The first-order valence-electron chi connectivity index (χ1n) is 11.1. The topological polar surface area (TPSA) is 30.5 Å². The van der Waals surface area contributed by atoms with Gasteiger partial charge in [-0.15, -0.1) is 0 Å². The first kappa shape index (κ1) is 20.5. The van der Waals surface area contributed by atoms with E-state index in [9.17, 15) is 0 Å². The van der Waals surface area contributed by atoms with E-state index in [4.69, 9.17) is 32.7 Å². The molecule has 4 aliphatic rings. The van der Waals surface area contributed by atoms with Crippen LogP contribution in [0, 0.1) is 23.7 Å². The van der Waals surface area contributed by atoms with Gasteiger partial charge in [-0.25, -0.2) is 0 Å². The van der Waals surface area contributed by atoms with Gasteiger partial charge in [0.1, 0.15) is 6.61 Å². The number of methoxy groups -OCH3 is 1. The normalized spacial score (nSPS) is 29.2. The van der Waals surface area contributed by atoms with E-state index in [1.54, 1.807) is 7.11 Å². The average molecular weight is 446 g/mol. The lowest BCUT2D eigenvalue weighted by atomic mass is 9.54. The molecule has 4 saturated carbocycles. The quantitative estimate of drug-likeness (QED) is 0.527. The molecule has 3 nitrogen and oxygen atoms in total. The summed E-state index contributed by atoms with van der Waals surface area (Å²) < 4.78 is 11.6. The minimum atomic E-state index is 0.391. The Kier molecular flexibility index (Phi) is 5.88. The van der Waals surface area contributed by atoms with Gasteiger partial charge < -0.3 is 14.8 Å². The van der Waals surface area contributed by atoms with Crippen molar-refractivity contribution >= 4 is 23.2 Å². The fourth-order valence-corrected chi connectivity index (χ4v) is 6.79. The summed E-state index contributed by atoms with van der Waals surface area (Å²) in [7, 11) is 1.66. The molecule has 0 saturated heterocycles. The molecule has 0 heterocycles. The van der Waals surface area contributed by atoms with Crippen molar-refractivity contribution in [2.45, 2.75) is 51.3 Å². The van der Waals surface area contributed by atoms with Crippen LogP contribution in [-0.4, -0.2) is 13.2 Å². The highest BCUT2D eigenvalue weighted by Crippen LogP contribution is 2.53. The monoisotopic (exact) mass is 445 g/mol. The number of ether oxygens (including phenoxy) is 2. The minimum absolute atomic E-state index is 0.391. The van der Waals surface area contributed by atoms with Crippen molar-refractivity contribution in [2.24, 2.45) is 23.7 Å². The molecule has 30 heavy (non-hydrogen) atoms. The van der Waals surface area contributed by atoms with Crippen LogP contribution >= 0.6 is 23.2 Å². The number of rotatable bonds is 7. The van der Waals surface area contributed by atoms with Crippen LogP contribution in [0.3, 0.4) is 0 Å². The lowest BCUT2D eigenvalue weighted by Gasteiger charge is -2.54. The molecule has 4 fully saturated rings. The molecule has 0 unspecified atom stereocenters. The van der Waals surface area contributed by atoms with E-state index in [2.05, 4.69) is 5.32 Å². The maximum Gasteiger partial charge on any atom is 0.180 e. The standard InChI is InChI=1S/C25H29Cl2NO2/c1-29-23-12-18(11-22(27)25(23)30-14-15-3-2-4-21(26)10-15)13-28-24-19-6-16-5-17(8-19)9-20(24)7-16/h2-4,10-12,16-17,19-20,24,28H,5-9,13-14H2,1H3. The number of halogens is 2. The third kappa shape index (κ3) is 4.17. The Balaban J connectivity index is 1.25. The lowest BCUT2D eigenvalue weighted by molar-refractivity contribution is -0.0142. The van der Waals surface area contributed by atoms with Crippen LogP contribution in [-0.2, 0) is 13.2 Å². The molecule has 160 valence electrons. The predicted octanol–water partition coefficient (Wildman–Crippen LogP) is 6.50. The zero-order valence-corrected chi connectivity index (χ0v) is 18.9. The van der Waals surface area contributed by atoms with Crippen LogP contribution in [0.4, 0.5) is 0 Å². The molecular weight excluding hydrogens is 417 g/mol. The third-order valence-electron chi connectivity index (χ3n) is 7.33. The smallest absolute Gasteiger partial charge is 0.180 e. The zero-order valence-electron chi connectivity index (χ0n) is 17.4. The van der Waals surface area contributed by atoms with Gasteiger partial charge >= 0.3 is 0 Å². The van der Waals surface area contributed by atoms with Gasteiger partial charge in [-0.1, -0.05) is 35.3 Å². The second-order valence-electron chi connectivity index (χ2n) is 9.37. The Hall–Kier alpha value is -1.42. The van der Waals surface area contributed by atoms with Gasteiger partial charge in [0.15, 0.2) is 11.5 Å². The molecule has 5 heteroatoms. The van der Waals surface area contributed by atoms with Crippen molar-refractivity contribution in [3.8, 4) is 11.5 Å². The highest BCUT2D eigenvalue weighted by molar-refractivity contribution is 6.32. The molecule has 0 aliphatic heterocycles. The third-order valence-corrected chi connectivity index (χ3v) is 7.85. The summed E-state index contributed by atoms with van der Waals surface area (Å²) in [5.41, 5.74) is 2.13. The Bertz CT molecular complexity index is 888. The van der Waals surface area contributed by atoms with Crippen LogP contribution in [0.5, 0.6) is 11.5 Å². The molecule has 0 spiro atoms. The van der Waals surface area contributed by atoms with Crippen molar-refractivity contribution in [3.63, 3.8) is 0 Å². The summed E-state index contributed by atoms with van der Waals surface area (Å²) in [4.78, 5) is 0. The Morgan fingerprint density at radius 2 is 1.67 bits per heavy atom. The molecule has 4 bridgehead atoms. The van der Waals surface area contributed by atoms with Crippen molar-refractivity contribution in [2.75, 3.05) is 7.11 Å². The van der Waals surface area contributed by atoms with Gasteiger partial charge in [-0.2, -0.15) is 0 Å².